The molecule has 4 bridgehead atoms. The monoisotopic (exact) mass is 447 g/mol. The van der Waals surface area contributed by atoms with Crippen LogP contribution in [0.3, 0.4) is 0 Å². The molecule has 4 aliphatic rings. The van der Waals surface area contributed by atoms with E-state index >= 15 is 0 Å². The molecule has 4 fully saturated rings. The lowest BCUT2D eigenvalue weighted by molar-refractivity contribution is -0.131. The van der Waals surface area contributed by atoms with Gasteiger partial charge in [-0.3, -0.25) is 0 Å². The predicted octanol–water partition coefficient (Wildman–Crippen LogP) is 5.35. The largest absolute Gasteiger partial charge is 0.508 e. The number of rotatable bonds is 8. The second-order valence-corrected chi connectivity index (χ2v) is 10.3. The van der Waals surface area contributed by atoms with Crippen molar-refractivity contribution < 1.29 is 19.7 Å². The molecule has 4 aliphatic carbocycles. The number of benzene rings is 2. The van der Waals surface area contributed by atoms with Crippen LogP contribution < -0.4 is 10.5 Å². The van der Waals surface area contributed by atoms with Gasteiger partial charge in [-0.25, -0.2) is 4.79 Å². The zero-order chi connectivity index (χ0) is 23.0. The van der Waals surface area contributed by atoms with Crippen molar-refractivity contribution in [2.24, 2.45) is 23.5 Å². The van der Waals surface area contributed by atoms with Crippen molar-refractivity contribution in [3.63, 3.8) is 0 Å². The number of aliphatic carboxylic acids is 1. The highest BCUT2D eigenvalue weighted by atomic mass is 16.5. The summed E-state index contributed by atoms with van der Waals surface area (Å²) in [4.78, 5) is 10.9. The normalized spacial score (nSPS) is 27.8. The molecule has 0 aromatic heterocycles. The fourth-order valence-electron chi connectivity index (χ4n) is 7.00. The smallest absolute Gasteiger partial charge is 0.328 e. The highest BCUT2D eigenvalue weighted by Gasteiger charge is 2.52. The summed E-state index contributed by atoms with van der Waals surface area (Å²) >= 11 is 0. The summed E-state index contributed by atoms with van der Waals surface area (Å²) in [5.41, 5.74) is 9.58. The van der Waals surface area contributed by atoms with Gasteiger partial charge in [-0.15, -0.1) is 0 Å². The van der Waals surface area contributed by atoms with E-state index in [0.717, 1.165) is 52.5 Å². The molecule has 0 saturated heterocycles. The van der Waals surface area contributed by atoms with Gasteiger partial charge in [0.05, 0.1) is 6.61 Å². The van der Waals surface area contributed by atoms with Crippen molar-refractivity contribution in [3.8, 4) is 22.6 Å². The van der Waals surface area contributed by atoms with Gasteiger partial charge in [0, 0.05) is 17.2 Å². The SMILES string of the molecule is NCCCOc1cc(C=CC(=O)O)ccc1-c1ccc(O)c(C23CC4CC(CC(C4)C2)C3)c1. The first kappa shape index (κ1) is 22.0. The first-order chi connectivity index (χ1) is 16.0. The number of hydrogen-bond acceptors (Lipinski definition) is 4. The molecule has 2 aromatic carbocycles. The number of aromatic hydroxyl groups is 1. The van der Waals surface area contributed by atoms with Crippen molar-refractivity contribution >= 4 is 12.0 Å². The lowest BCUT2D eigenvalue weighted by atomic mass is 9.48. The minimum absolute atomic E-state index is 0.0968. The Kier molecular flexibility index (Phi) is 5.92. The van der Waals surface area contributed by atoms with E-state index in [4.69, 9.17) is 15.6 Å². The van der Waals surface area contributed by atoms with Crippen molar-refractivity contribution in [1.82, 2.24) is 0 Å². The lowest BCUT2D eigenvalue weighted by Gasteiger charge is -2.57. The Hall–Kier alpha value is -2.79. The third-order valence-corrected chi connectivity index (χ3v) is 7.95. The Balaban J connectivity index is 1.52. The summed E-state index contributed by atoms with van der Waals surface area (Å²) in [7, 11) is 0. The number of hydrogen-bond donors (Lipinski definition) is 3. The summed E-state index contributed by atoms with van der Waals surface area (Å²) in [6.45, 7) is 1.04. The maximum absolute atomic E-state index is 10.9. The Bertz CT molecular complexity index is 1040. The number of carbonyl (C=O) groups is 1. The van der Waals surface area contributed by atoms with Crippen LogP contribution in [0.2, 0.25) is 0 Å². The van der Waals surface area contributed by atoms with Crippen molar-refractivity contribution in [2.45, 2.75) is 50.4 Å². The van der Waals surface area contributed by atoms with E-state index in [-0.39, 0.29) is 5.41 Å². The third kappa shape index (κ3) is 4.39. The molecule has 0 spiro atoms. The van der Waals surface area contributed by atoms with E-state index in [1.165, 1.54) is 38.5 Å². The average molecular weight is 448 g/mol. The third-order valence-electron chi connectivity index (χ3n) is 7.95. The second kappa shape index (κ2) is 8.86. The molecule has 0 unspecified atom stereocenters. The van der Waals surface area contributed by atoms with E-state index in [1.807, 2.05) is 30.3 Å². The van der Waals surface area contributed by atoms with E-state index < -0.39 is 5.97 Å². The van der Waals surface area contributed by atoms with Gasteiger partial charge in [-0.1, -0.05) is 18.2 Å². The molecule has 4 N–H and O–H groups in total. The first-order valence-electron chi connectivity index (χ1n) is 12.2. The van der Waals surface area contributed by atoms with Crippen LogP contribution in [0.5, 0.6) is 11.5 Å². The van der Waals surface area contributed by atoms with E-state index in [1.54, 1.807) is 6.08 Å². The number of ether oxygens (including phenoxy) is 1. The van der Waals surface area contributed by atoms with Crippen LogP contribution in [0.1, 0.15) is 56.1 Å². The summed E-state index contributed by atoms with van der Waals surface area (Å²) in [5, 5.41) is 19.9. The van der Waals surface area contributed by atoms with Gasteiger partial charge in [0.2, 0.25) is 0 Å². The first-order valence-corrected chi connectivity index (χ1v) is 12.2. The van der Waals surface area contributed by atoms with E-state index in [9.17, 15) is 9.90 Å². The van der Waals surface area contributed by atoms with Gasteiger partial charge in [0.25, 0.3) is 0 Å². The predicted molar refractivity (Wildman–Crippen MR) is 129 cm³/mol. The van der Waals surface area contributed by atoms with E-state index in [0.29, 0.717) is 24.7 Å². The van der Waals surface area contributed by atoms with Crippen LogP contribution in [0, 0.1) is 17.8 Å². The fraction of sp³-hybridized carbons (Fsp3) is 0.464. The topological polar surface area (TPSA) is 92.8 Å². The Morgan fingerprint density at radius 2 is 1.76 bits per heavy atom. The van der Waals surface area contributed by atoms with Gasteiger partial charge in [0.15, 0.2) is 0 Å². The van der Waals surface area contributed by atoms with Crippen molar-refractivity contribution in [2.75, 3.05) is 13.2 Å². The highest BCUT2D eigenvalue weighted by molar-refractivity contribution is 5.86. The number of nitrogens with two attached hydrogens (primary N) is 1. The molecular formula is C28H33NO4. The molecule has 0 atom stereocenters. The molecule has 0 radical (unpaired) electrons. The Morgan fingerprint density at radius 3 is 2.39 bits per heavy atom. The van der Waals surface area contributed by atoms with Crippen LogP contribution in [-0.2, 0) is 10.2 Å². The number of carboxylic acid groups (broad SMARTS) is 1. The molecular weight excluding hydrogens is 414 g/mol. The molecule has 0 amide bonds. The Morgan fingerprint density at radius 1 is 1.06 bits per heavy atom. The maximum atomic E-state index is 10.9. The summed E-state index contributed by atoms with van der Waals surface area (Å²) < 4.78 is 6.08. The summed E-state index contributed by atoms with van der Waals surface area (Å²) in [6, 6.07) is 11.7. The molecule has 0 aliphatic heterocycles. The second-order valence-electron chi connectivity index (χ2n) is 10.3. The minimum Gasteiger partial charge on any atom is -0.508 e. The van der Waals surface area contributed by atoms with Crippen molar-refractivity contribution in [3.05, 3.63) is 53.6 Å². The van der Waals surface area contributed by atoms with Gasteiger partial charge < -0.3 is 20.7 Å². The van der Waals surface area contributed by atoms with Crippen LogP contribution in [0.15, 0.2) is 42.5 Å². The number of carboxylic acids is 1. The summed E-state index contributed by atoms with van der Waals surface area (Å²) in [5.74, 6) is 2.54. The van der Waals surface area contributed by atoms with Crippen LogP contribution in [0.25, 0.3) is 17.2 Å². The number of phenolic OH excluding ortho intramolecular Hbond substituents is 1. The van der Waals surface area contributed by atoms with Crippen LogP contribution in [-0.4, -0.2) is 29.3 Å². The van der Waals surface area contributed by atoms with Gasteiger partial charge >= 0.3 is 5.97 Å². The minimum atomic E-state index is -0.983. The Labute approximate surface area is 195 Å². The molecule has 6 rings (SSSR count). The average Bonchev–Trinajstić information content (AvgIpc) is 2.77. The van der Waals surface area contributed by atoms with Crippen molar-refractivity contribution in [1.29, 1.82) is 0 Å². The molecule has 4 saturated carbocycles. The van der Waals surface area contributed by atoms with Gasteiger partial charge in [0.1, 0.15) is 11.5 Å². The molecule has 5 heteroatoms. The van der Waals surface area contributed by atoms with Crippen LogP contribution in [0.4, 0.5) is 0 Å². The quantitative estimate of drug-likeness (QED) is 0.375. The molecule has 0 heterocycles. The van der Waals surface area contributed by atoms with Gasteiger partial charge in [-0.05, 0) is 110 Å². The summed E-state index contributed by atoms with van der Waals surface area (Å²) in [6.07, 6.45) is 11.1. The fourth-order valence-corrected chi connectivity index (χ4v) is 7.00. The standard InChI is InChI=1S/C28H33NO4/c29-8-1-9-33-26-13-18(3-7-27(31)32)2-5-23(26)22-4-6-25(30)24(14-22)28-15-19-10-20(16-28)12-21(11-19)17-28/h2-7,13-14,19-21,30H,1,8-12,15-17,29H2,(H,31,32). The zero-order valence-corrected chi connectivity index (χ0v) is 19.0. The molecule has 5 nitrogen and oxygen atoms in total. The van der Waals surface area contributed by atoms with Crippen LogP contribution >= 0.6 is 0 Å². The van der Waals surface area contributed by atoms with E-state index in [2.05, 4.69) is 6.07 Å². The number of phenols is 1. The molecule has 33 heavy (non-hydrogen) atoms. The maximum Gasteiger partial charge on any atom is 0.328 e. The molecule has 174 valence electrons. The van der Waals surface area contributed by atoms with Gasteiger partial charge in [-0.2, -0.15) is 0 Å². The lowest BCUT2D eigenvalue weighted by Crippen LogP contribution is -2.48. The highest BCUT2D eigenvalue weighted by Crippen LogP contribution is 2.62. The molecule has 2 aromatic rings. The zero-order valence-electron chi connectivity index (χ0n) is 19.0.